The van der Waals surface area contributed by atoms with Crippen molar-refractivity contribution in [3.05, 3.63) is 33.9 Å². The second kappa shape index (κ2) is 6.09. The molecule has 110 valence electrons. The summed E-state index contributed by atoms with van der Waals surface area (Å²) in [5.41, 5.74) is 1.51. The van der Waals surface area contributed by atoms with Crippen LogP contribution in [0.3, 0.4) is 0 Å². The second-order valence-electron chi connectivity index (χ2n) is 4.70. The molecule has 20 heavy (non-hydrogen) atoms. The summed E-state index contributed by atoms with van der Waals surface area (Å²) in [6, 6.07) is 4.92. The van der Waals surface area contributed by atoms with E-state index in [2.05, 4.69) is 15.9 Å². The number of sulfone groups is 1. The van der Waals surface area contributed by atoms with Gasteiger partial charge < -0.3 is 4.90 Å². The summed E-state index contributed by atoms with van der Waals surface area (Å²) >= 11 is 3.25. The van der Waals surface area contributed by atoms with Gasteiger partial charge in [-0.25, -0.2) is 8.42 Å². The molecule has 0 aliphatic carbocycles. The van der Waals surface area contributed by atoms with Crippen molar-refractivity contribution in [2.75, 3.05) is 29.5 Å². The largest absolute Gasteiger partial charge is 0.370 e. The maximum Gasteiger partial charge on any atom is 0.273 e. The fourth-order valence-corrected chi connectivity index (χ4v) is 3.97. The summed E-state index contributed by atoms with van der Waals surface area (Å²) in [6.45, 7) is 1.08. The Bertz CT molecular complexity index is 618. The van der Waals surface area contributed by atoms with E-state index in [-0.39, 0.29) is 17.2 Å². The van der Waals surface area contributed by atoms with Gasteiger partial charge in [0.1, 0.15) is 0 Å². The molecule has 1 saturated heterocycles. The molecular weight excluding hydrogens is 348 g/mol. The van der Waals surface area contributed by atoms with Crippen LogP contribution in [0, 0.1) is 10.1 Å². The molecule has 1 fully saturated rings. The lowest BCUT2D eigenvalue weighted by atomic mass is 10.1. The molecule has 0 spiro atoms. The number of rotatable bonds is 3. The highest BCUT2D eigenvalue weighted by Gasteiger charge is 2.21. The number of alkyl halides is 1. The molecule has 0 radical (unpaired) electrons. The van der Waals surface area contributed by atoms with Gasteiger partial charge in [-0.15, -0.1) is 0 Å². The molecule has 0 bridgehead atoms. The first-order valence-electron chi connectivity index (χ1n) is 6.21. The van der Waals surface area contributed by atoms with Gasteiger partial charge in [-0.05, 0) is 18.6 Å². The molecule has 0 unspecified atom stereocenters. The second-order valence-corrected chi connectivity index (χ2v) is 7.56. The standard InChI is InChI=1S/C12H15BrN2O4S/c13-9-10-8-11(2-3-12(10)15(16)17)14-4-1-6-20(18,19)7-5-14/h2-3,8H,1,4-7,9H2. The topological polar surface area (TPSA) is 80.5 Å². The van der Waals surface area contributed by atoms with E-state index in [0.29, 0.717) is 30.4 Å². The Morgan fingerprint density at radius 3 is 2.70 bits per heavy atom. The Morgan fingerprint density at radius 2 is 2.05 bits per heavy atom. The fourth-order valence-electron chi connectivity index (χ4n) is 2.25. The lowest BCUT2D eigenvalue weighted by Gasteiger charge is -2.22. The van der Waals surface area contributed by atoms with E-state index in [1.165, 1.54) is 6.07 Å². The molecule has 0 saturated carbocycles. The summed E-state index contributed by atoms with van der Waals surface area (Å²) in [7, 11) is -2.96. The van der Waals surface area contributed by atoms with Gasteiger partial charge >= 0.3 is 0 Å². The average molecular weight is 363 g/mol. The minimum Gasteiger partial charge on any atom is -0.370 e. The molecule has 1 heterocycles. The number of nitro groups is 1. The predicted molar refractivity (Wildman–Crippen MR) is 81.2 cm³/mol. The van der Waals surface area contributed by atoms with Crippen LogP contribution < -0.4 is 4.90 Å². The van der Waals surface area contributed by atoms with Crippen LogP contribution in [-0.4, -0.2) is 37.9 Å². The van der Waals surface area contributed by atoms with E-state index in [0.717, 1.165) is 5.69 Å². The maximum absolute atomic E-state index is 11.6. The number of anilines is 1. The lowest BCUT2D eigenvalue weighted by molar-refractivity contribution is -0.385. The first kappa shape index (κ1) is 15.2. The van der Waals surface area contributed by atoms with Crippen LogP contribution in [-0.2, 0) is 15.2 Å². The van der Waals surface area contributed by atoms with Gasteiger partial charge in [0.2, 0.25) is 0 Å². The van der Waals surface area contributed by atoms with Gasteiger partial charge in [0.05, 0.1) is 16.4 Å². The summed E-state index contributed by atoms with van der Waals surface area (Å²) in [6.07, 6.45) is 0.586. The first-order valence-corrected chi connectivity index (χ1v) is 9.16. The van der Waals surface area contributed by atoms with Crippen molar-refractivity contribution < 1.29 is 13.3 Å². The van der Waals surface area contributed by atoms with Crippen LogP contribution in [0.25, 0.3) is 0 Å². The van der Waals surface area contributed by atoms with Crippen molar-refractivity contribution in [2.45, 2.75) is 11.8 Å². The Hall–Kier alpha value is -1.15. The molecule has 0 aromatic heterocycles. The summed E-state index contributed by atoms with van der Waals surface area (Å²) in [5, 5.41) is 11.3. The molecule has 0 atom stereocenters. The van der Waals surface area contributed by atoms with E-state index < -0.39 is 14.8 Å². The van der Waals surface area contributed by atoms with Crippen LogP contribution in [0.15, 0.2) is 18.2 Å². The number of halogens is 1. The van der Waals surface area contributed by atoms with Crippen molar-refractivity contribution in [2.24, 2.45) is 0 Å². The van der Waals surface area contributed by atoms with E-state index in [9.17, 15) is 18.5 Å². The van der Waals surface area contributed by atoms with Gasteiger partial charge in [0.25, 0.3) is 5.69 Å². The van der Waals surface area contributed by atoms with Crippen molar-refractivity contribution >= 4 is 37.1 Å². The molecule has 0 amide bonds. The highest BCUT2D eigenvalue weighted by atomic mass is 79.9. The van der Waals surface area contributed by atoms with Crippen LogP contribution in [0.4, 0.5) is 11.4 Å². The van der Waals surface area contributed by atoms with Crippen LogP contribution in [0.1, 0.15) is 12.0 Å². The van der Waals surface area contributed by atoms with Gasteiger partial charge in [0, 0.05) is 35.7 Å². The molecule has 0 N–H and O–H groups in total. The number of hydrogen-bond acceptors (Lipinski definition) is 5. The molecule has 1 aromatic carbocycles. The third kappa shape index (κ3) is 3.49. The van der Waals surface area contributed by atoms with Crippen molar-refractivity contribution in [3.63, 3.8) is 0 Å². The van der Waals surface area contributed by atoms with Crippen molar-refractivity contribution in [3.8, 4) is 0 Å². The molecule has 2 rings (SSSR count). The molecule has 1 aliphatic heterocycles. The normalized spacial score (nSPS) is 18.6. The predicted octanol–water partition coefficient (Wildman–Crippen LogP) is 2.11. The quantitative estimate of drug-likeness (QED) is 0.467. The number of nitro benzene ring substituents is 1. The fraction of sp³-hybridized carbons (Fsp3) is 0.500. The summed E-state index contributed by atoms with van der Waals surface area (Å²) in [4.78, 5) is 12.5. The third-order valence-electron chi connectivity index (χ3n) is 3.32. The molecule has 8 heteroatoms. The van der Waals surface area contributed by atoms with E-state index >= 15 is 0 Å². The Morgan fingerprint density at radius 1 is 1.30 bits per heavy atom. The highest BCUT2D eigenvalue weighted by Crippen LogP contribution is 2.27. The van der Waals surface area contributed by atoms with Gasteiger partial charge in [0.15, 0.2) is 9.84 Å². The van der Waals surface area contributed by atoms with Crippen LogP contribution >= 0.6 is 15.9 Å². The zero-order chi connectivity index (χ0) is 14.8. The molecule has 1 aromatic rings. The Kier molecular flexibility index (Phi) is 4.64. The molecule has 1 aliphatic rings. The molecular formula is C12H15BrN2O4S. The highest BCUT2D eigenvalue weighted by molar-refractivity contribution is 9.08. The van der Waals surface area contributed by atoms with Gasteiger partial charge in [-0.2, -0.15) is 0 Å². The maximum atomic E-state index is 11.6. The van der Waals surface area contributed by atoms with E-state index in [1.807, 2.05) is 4.90 Å². The zero-order valence-corrected chi connectivity index (χ0v) is 13.2. The minimum atomic E-state index is -2.96. The van der Waals surface area contributed by atoms with Crippen LogP contribution in [0.5, 0.6) is 0 Å². The number of nitrogens with zero attached hydrogens (tertiary/aromatic N) is 2. The Labute approximate surface area is 126 Å². The summed E-state index contributed by atoms with van der Waals surface area (Å²) in [5.74, 6) is 0.343. The SMILES string of the molecule is O=[N+]([O-])c1ccc(N2CCCS(=O)(=O)CC2)cc1CBr. The van der Waals surface area contributed by atoms with Crippen LogP contribution in [0.2, 0.25) is 0 Å². The number of hydrogen-bond donors (Lipinski definition) is 0. The van der Waals surface area contributed by atoms with Gasteiger partial charge in [-0.1, -0.05) is 15.9 Å². The van der Waals surface area contributed by atoms with Gasteiger partial charge in [-0.3, -0.25) is 10.1 Å². The number of benzene rings is 1. The molecule has 6 nitrogen and oxygen atoms in total. The lowest BCUT2D eigenvalue weighted by Crippen LogP contribution is -2.26. The minimum absolute atomic E-state index is 0.0769. The monoisotopic (exact) mass is 362 g/mol. The Balaban J connectivity index is 2.27. The summed E-state index contributed by atoms with van der Waals surface area (Å²) < 4.78 is 23.2. The smallest absolute Gasteiger partial charge is 0.273 e. The third-order valence-corrected chi connectivity index (χ3v) is 5.64. The van der Waals surface area contributed by atoms with Crippen molar-refractivity contribution in [1.82, 2.24) is 0 Å². The van der Waals surface area contributed by atoms with E-state index in [1.54, 1.807) is 12.1 Å². The van der Waals surface area contributed by atoms with E-state index in [4.69, 9.17) is 0 Å². The zero-order valence-electron chi connectivity index (χ0n) is 10.8. The average Bonchev–Trinajstić information content (AvgIpc) is 2.59. The first-order chi connectivity index (χ1) is 9.43. The van der Waals surface area contributed by atoms with Crippen molar-refractivity contribution in [1.29, 1.82) is 0 Å².